The van der Waals surface area contributed by atoms with E-state index in [1.54, 1.807) is 6.07 Å². The van der Waals surface area contributed by atoms with Gasteiger partial charge in [-0.3, -0.25) is 4.79 Å². The number of hydrogen-bond acceptors (Lipinski definition) is 4. The number of carbonyl (C=O) groups is 1. The van der Waals surface area contributed by atoms with E-state index in [0.29, 0.717) is 18.8 Å². The van der Waals surface area contributed by atoms with Gasteiger partial charge in [-0.25, -0.2) is 17.1 Å². The lowest BCUT2D eigenvalue weighted by atomic mass is 10.3. The van der Waals surface area contributed by atoms with Gasteiger partial charge in [0.15, 0.2) is 0 Å². The molecule has 0 spiro atoms. The highest BCUT2D eigenvalue weighted by Crippen LogP contribution is 2.10. The third-order valence-electron chi connectivity index (χ3n) is 2.96. The van der Waals surface area contributed by atoms with Crippen LogP contribution in [-0.4, -0.2) is 63.5 Å². The van der Waals surface area contributed by atoms with E-state index in [0.717, 1.165) is 6.26 Å². The van der Waals surface area contributed by atoms with Gasteiger partial charge in [0.2, 0.25) is 15.9 Å². The summed E-state index contributed by atoms with van der Waals surface area (Å²) < 4.78 is 37.7. The second-order valence-electron chi connectivity index (χ2n) is 5.27. The van der Waals surface area contributed by atoms with Crippen molar-refractivity contribution in [1.82, 2.24) is 9.21 Å². The summed E-state index contributed by atoms with van der Waals surface area (Å²) in [5.74, 6) is -0.800. The van der Waals surface area contributed by atoms with Crippen LogP contribution in [0.3, 0.4) is 0 Å². The number of carbonyl (C=O) groups excluding carboxylic acids is 1. The molecule has 1 N–H and O–H groups in total. The maximum atomic E-state index is 13.0. The molecule has 1 aromatic carbocycles. The fourth-order valence-electron chi connectivity index (χ4n) is 1.77. The van der Waals surface area contributed by atoms with Crippen LogP contribution in [0.15, 0.2) is 24.3 Å². The van der Waals surface area contributed by atoms with Crippen molar-refractivity contribution in [2.24, 2.45) is 0 Å². The van der Waals surface area contributed by atoms with E-state index in [2.05, 4.69) is 5.32 Å². The highest BCUT2D eigenvalue weighted by Gasteiger charge is 2.17. The Labute approximate surface area is 131 Å². The van der Waals surface area contributed by atoms with Gasteiger partial charge in [-0.05, 0) is 32.3 Å². The predicted molar refractivity (Wildman–Crippen MR) is 84.6 cm³/mol. The van der Waals surface area contributed by atoms with Crippen molar-refractivity contribution >= 4 is 21.6 Å². The van der Waals surface area contributed by atoms with Crippen molar-refractivity contribution in [3.63, 3.8) is 0 Å². The Morgan fingerprint density at radius 1 is 1.23 bits per heavy atom. The summed E-state index contributed by atoms with van der Waals surface area (Å²) >= 11 is 0. The van der Waals surface area contributed by atoms with Gasteiger partial charge in [0, 0.05) is 31.7 Å². The second kappa shape index (κ2) is 8.21. The number of rotatable bonds is 8. The van der Waals surface area contributed by atoms with Crippen LogP contribution >= 0.6 is 0 Å². The third-order valence-corrected chi connectivity index (χ3v) is 4.27. The average molecular weight is 331 g/mol. The molecule has 0 heterocycles. The second-order valence-corrected chi connectivity index (χ2v) is 7.26. The molecule has 124 valence electrons. The summed E-state index contributed by atoms with van der Waals surface area (Å²) in [6, 6.07) is 5.55. The fraction of sp³-hybridized carbons (Fsp3) is 0.500. The van der Waals surface area contributed by atoms with Gasteiger partial charge in [-0.1, -0.05) is 6.07 Å². The summed E-state index contributed by atoms with van der Waals surface area (Å²) in [4.78, 5) is 13.7. The minimum Gasteiger partial charge on any atom is -0.326 e. The monoisotopic (exact) mass is 331 g/mol. The first kappa shape index (κ1) is 18.5. The lowest BCUT2D eigenvalue weighted by Gasteiger charge is -2.21. The Morgan fingerprint density at radius 3 is 2.45 bits per heavy atom. The number of hydrogen-bond donors (Lipinski definition) is 1. The van der Waals surface area contributed by atoms with E-state index in [1.807, 2.05) is 19.0 Å². The Morgan fingerprint density at radius 2 is 1.91 bits per heavy atom. The lowest BCUT2D eigenvalue weighted by molar-refractivity contribution is -0.116. The number of sulfonamides is 1. The normalized spacial score (nSPS) is 11.9. The van der Waals surface area contributed by atoms with Gasteiger partial charge >= 0.3 is 0 Å². The number of amides is 1. The number of nitrogens with zero attached hydrogens (tertiary/aromatic N) is 2. The minimum atomic E-state index is -3.37. The summed E-state index contributed by atoms with van der Waals surface area (Å²) in [5.41, 5.74) is 0.351. The molecular formula is C14H22FN3O3S. The summed E-state index contributed by atoms with van der Waals surface area (Å²) in [6.07, 6.45) is 1.13. The Hall–Kier alpha value is -1.51. The average Bonchev–Trinajstić information content (AvgIpc) is 2.36. The van der Waals surface area contributed by atoms with E-state index < -0.39 is 15.8 Å². The summed E-state index contributed by atoms with van der Waals surface area (Å²) in [5, 5.41) is 2.54. The molecule has 6 nitrogen and oxygen atoms in total. The first-order chi connectivity index (χ1) is 10.2. The highest BCUT2D eigenvalue weighted by atomic mass is 32.2. The van der Waals surface area contributed by atoms with Gasteiger partial charge in [-0.2, -0.15) is 0 Å². The number of likely N-dealkylation sites (N-methyl/N-ethyl adjacent to an activating group) is 1. The maximum absolute atomic E-state index is 13.0. The van der Waals surface area contributed by atoms with Crippen molar-refractivity contribution in [1.29, 1.82) is 0 Å². The molecule has 8 heteroatoms. The molecule has 22 heavy (non-hydrogen) atoms. The first-order valence-corrected chi connectivity index (χ1v) is 8.68. The molecule has 1 aromatic rings. The Bertz CT molecular complexity index is 605. The van der Waals surface area contributed by atoms with Crippen molar-refractivity contribution < 1.29 is 17.6 Å². The molecule has 1 amide bonds. The fourth-order valence-corrected chi connectivity index (χ4v) is 2.61. The van der Waals surface area contributed by atoms with E-state index in [9.17, 15) is 17.6 Å². The van der Waals surface area contributed by atoms with Crippen molar-refractivity contribution in [2.75, 3.05) is 45.3 Å². The third kappa shape index (κ3) is 6.97. The number of benzene rings is 1. The Balaban J connectivity index is 2.55. The number of anilines is 1. The van der Waals surface area contributed by atoms with Gasteiger partial charge in [0.25, 0.3) is 0 Å². The molecule has 0 aliphatic heterocycles. The van der Waals surface area contributed by atoms with Gasteiger partial charge in [-0.15, -0.1) is 0 Å². The van der Waals surface area contributed by atoms with Crippen LogP contribution in [-0.2, 0) is 14.8 Å². The number of halogens is 1. The zero-order valence-electron chi connectivity index (χ0n) is 13.0. The summed E-state index contributed by atoms with van der Waals surface area (Å²) in [7, 11) is 0.320. The molecule has 0 saturated carbocycles. The molecule has 0 aromatic heterocycles. The molecule has 0 bridgehead atoms. The lowest BCUT2D eigenvalue weighted by Crippen LogP contribution is -2.37. The van der Waals surface area contributed by atoms with Crippen LogP contribution in [0.1, 0.15) is 6.42 Å². The predicted octanol–water partition coefficient (Wildman–Crippen LogP) is 0.977. The van der Waals surface area contributed by atoms with Crippen LogP contribution in [0.4, 0.5) is 10.1 Å². The van der Waals surface area contributed by atoms with E-state index in [-0.39, 0.29) is 18.9 Å². The molecular weight excluding hydrogens is 309 g/mol. The van der Waals surface area contributed by atoms with Crippen LogP contribution in [0.5, 0.6) is 0 Å². The Kier molecular flexibility index (Phi) is 6.92. The highest BCUT2D eigenvalue weighted by molar-refractivity contribution is 7.88. The molecule has 0 radical (unpaired) electrons. The zero-order chi connectivity index (χ0) is 16.8. The molecule has 0 saturated heterocycles. The molecule has 0 aliphatic carbocycles. The number of nitrogens with one attached hydrogen (secondary N) is 1. The van der Waals surface area contributed by atoms with Crippen molar-refractivity contribution in [3.8, 4) is 0 Å². The first-order valence-electron chi connectivity index (χ1n) is 6.84. The smallest absolute Gasteiger partial charge is 0.225 e. The van der Waals surface area contributed by atoms with Crippen LogP contribution in [0.2, 0.25) is 0 Å². The van der Waals surface area contributed by atoms with Gasteiger partial charge in [0.1, 0.15) is 5.82 Å². The van der Waals surface area contributed by atoms with Crippen molar-refractivity contribution in [2.45, 2.75) is 6.42 Å². The molecule has 1 rings (SSSR count). The van der Waals surface area contributed by atoms with E-state index in [1.165, 1.54) is 22.5 Å². The van der Waals surface area contributed by atoms with Gasteiger partial charge in [0.05, 0.1) is 6.26 Å². The molecule has 0 fully saturated rings. The molecule has 0 aliphatic rings. The van der Waals surface area contributed by atoms with E-state index in [4.69, 9.17) is 0 Å². The molecule has 0 unspecified atom stereocenters. The zero-order valence-corrected chi connectivity index (χ0v) is 13.9. The van der Waals surface area contributed by atoms with Crippen LogP contribution in [0, 0.1) is 5.82 Å². The van der Waals surface area contributed by atoms with E-state index >= 15 is 0 Å². The maximum Gasteiger partial charge on any atom is 0.225 e. The SMILES string of the molecule is CN(C)CCN(CCC(=O)Nc1cccc(F)c1)S(C)(=O)=O. The topological polar surface area (TPSA) is 69.7 Å². The van der Waals surface area contributed by atoms with Crippen LogP contribution < -0.4 is 5.32 Å². The largest absolute Gasteiger partial charge is 0.326 e. The van der Waals surface area contributed by atoms with Gasteiger partial charge < -0.3 is 10.2 Å². The quantitative estimate of drug-likeness (QED) is 0.771. The summed E-state index contributed by atoms with van der Waals surface area (Å²) in [6.45, 7) is 0.978. The standard InChI is InChI=1S/C14H22FN3O3S/c1-17(2)9-10-18(22(3,20)21)8-7-14(19)16-13-6-4-5-12(15)11-13/h4-6,11H,7-10H2,1-3H3,(H,16,19). The molecule has 0 atom stereocenters. The minimum absolute atomic E-state index is 0.0109. The van der Waals surface area contributed by atoms with Crippen molar-refractivity contribution in [3.05, 3.63) is 30.1 Å². The van der Waals surface area contributed by atoms with Crippen LogP contribution in [0.25, 0.3) is 0 Å².